The van der Waals surface area contributed by atoms with E-state index in [1.807, 2.05) is 20.8 Å². The SMILES string of the molecule is CC(C)(C)CN1C(=O)S/C(=C\c2ccc(C(=O)O)cc2)C1=O. The van der Waals surface area contributed by atoms with Gasteiger partial charge in [0.25, 0.3) is 11.1 Å². The number of hydrogen-bond donors (Lipinski definition) is 1. The molecule has 1 heterocycles. The summed E-state index contributed by atoms with van der Waals surface area (Å²) >= 11 is 0.910. The number of carbonyl (C=O) groups is 3. The Balaban J connectivity index is 2.21. The van der Waals surface area contributed by atoms with Gasteiger partial charge in [-0.05, 0) is 40.9 Å². The van der Waals surface area contributed by atoms with Crippen molar-refractivity contribution in [3.8, 4) is 0 Å². The highest BCUT2D eigenvalue weighted by Crippen LogP contribution is 2.34. The molecule has 1 fully saturated rings. The van der Waals surface area contributed by atoms with Gasteiger partial charge in [0.05, 0.1) is 10.5 Å². The summed E-state index contributed by atoms with van der Waals surface area (Å²) in [4.78, 5) is 36.7. The lowest BCUT2D eigenvalue weighted by Crippen LogP contribution is -2.35. The number of imide groups is 1. The fraction of sp³-hybridized carbons (Fsp3) is 0.312. The van der Waals surface area contributed by atoms with Crippen LogP contribution in [0.25, 0.3) is 6.08 Å². The number of amides is 2. The first-order valence-corrected chi connectivity index (χ1v) is 7.58. The van der Waals surface area contributed by atoms with Crippen LogP contribution in [0.15, 0.2) is 29.2 Å². The molecule has 0 saturated carbocycles. The van der Waals surface area contributed by atoms with E-state index in [1.165, 1.54) is 17.0 Å². The van der Waals surface area contributed by atoms with Crippen molar-refractivity contribution in [1.82, 2.24) is 4.90 Å². The number of rotatable bonds is 3. The van der Waals surface area contributed by atoms with Crippen molar-refractivity contribution in [3.63, 3.8) is 0 Å². The molecule has 0 bridgehead atoms. The Labute approximate surface area is 133 Å². The highest BCUT2D eigenvalue weighted by atomic mass is 32.2. The number of carboxylic acids is 1. The number of aromatic carboxylic acids is 1. The quantitative estimate of drug-likeness (QED) is 0.864. The van der Waals surface area contributed by atoms with Gasteiger partial charge < -0.3 is 5.11 Å². The molecule has 22 heavy (non-hydrogen) atoms. The van der Waals surface area contributed by atoms with Crippen LogP contribution in [0.5, 0.6) is 0 Å². The van der Waals surface area contributed by atoms with Crippen LogP contribution in [0.3, 0.4) is 0 Å². The van der Waals surface area contributed by atoms with E-state index in [2.05, 4.69) is 0 Å². The molecule has 0 aromatic heterocycles. The number of carboxylic acid groups (broad SMARTS) is 1. The van der Waals surface area contributed by atoms with Crippen LogP contribution in [-0.2, 0) is 4.79 Å². The standard InChI is InChI=1S/C16H17NO4S/c1-16(2,3)9-17-13(18)12(22-15(17)21)8-10-4-6-11(7-5-10)14(19)20/h4-8H,9H2,1-3H3,(H,19,20)/b12-8-. The molecule has 0 atom stereocenters. The largest absolute Gasteiger partial charge is 0.478 e. The van der Waals surface area contributed by atoms with Crippen LogP contribution in [0.1, 0.15) is 36.7 Å². The molecule has 1 saturated heterocycles. The fourth-order valence-electron chi connectivity index (χ4n) is 1.98. The fourth-order valence-corrected chi connectivity index (χ4v) is 2.82. The second kappa shape index (κ2) is 5.96. The third-order valence-electron chi connectivity index (χ3n) is 2.96. The minimum Gasteiger partial charge on any atom is -0.478 e. The monoisotopic (exact) mass is 319 g/mol. The van der Waals surface area contributed by atoms with Crippen molar-refractivity contribution < 1.29 is 19.5 Å². The van der Waals surface area contributed by atoms with Gasteiger partial charge in [0.15, 0.2) is 0 Å². The Morgan fingerprint density at radius 3 is 2.32 bits per heavy atom. The average molecular weight is 319 g/mol. The molecule has 2 rings (SSSR count). The summed E-state index contributed by atoms with van der Waals surface area (Å²) in [6.07, 6.45) is 1.61. The molecule has 0 spiro atoms. The van der Waals surface area contributed by atoms with E-state index in [0.29, 0.717) is 17.0 Å². The third kappa shape index (κ3) is 3.76. The van der Waals surface area contributed by atoms with E-state index in [4.69, 9.17) is 5.11 Å². The summed E-state index contributed by atoms with van der Waals surface area (Å²) in [6, 6.07) is 6.16. The number of carbonyl (C=O) groups excluding carboxylic acids is 2. The van der Waals surface area contributed by atoms with Crippen molar-refractivity contribution in [2.24, 2.45) is 5.41 Å². The molecule has 6 heteroatoms. The maximum absolute atomic E-state index is 12.3. The van der Waals surface area contributed by atoms with E-state index in [1.54, 1.807) is 18.2 Å². The lowest BCUT2D eigenvalue weighted by molar-refractivity contribution is -0.123. The zero-order chi connectivity index (χ0) is 16.5. The summed E-state index contributed by atoms with van der Waals surface area (Å²) in [7, 11) is 0. The zero-order valence-electron chi connectivity index (χ0n) is 12.6. The molecule has 5 nitrogen and oxygen atoms in total. The van der Waals surface area contributed by atoms with Gasteiger partial charge in [0.2, 0.25) is 0 Å². The van der Waals surface area contributed by atoms with Crippen molar-refractivity contribution in [3.05, 3.63) is 40.3 Å². The van der Waals surface area contributed by atoms with Gasteiger partial charge in [-0.25, -0.2) is 4.79 Å². The molecular weight excluding hydrogens is 302 g/mol. The Kier molecular flexibility index (Phi) is 4.42. The molecule has 1 N–H and O–H groups in total. The van der Waals surface area contributed by atoms with Gasteiger partial charge in [-0.15, -0.1) is 0 Å². The lowest BCUT2D eigenvalue weighted by Gasteiger charge is -2.23. The van der Waals surface area contributed by atoms with E-state index >= 15 is 0 Å². The highest BCUT2D eigenvalue weighted by Gasteiger charge is 2.37. The van der Waals surface area contributed by atoms with Crippen LogP contribution in [-0.4, -0.2) is 33.7 Å². The molecule has 0 unspecified atom stereocenters. The van der Waals surface area contributed by atoms with Crippen molar-refractivity contribution in [2.75, 3.05) is 6.54 Å². The van der Waals surface area contributed by atoms with E-state index in [0.717, 1.165) is 11.8 Å². The maximum Gasteiger partial charge on any atom is 0.335 e. The summed E-state index contributed by atoms with van der Waals surface area (Å²) < 4.78 is 0. The third-order valence-corrected chi connectivity index (χ3v) is 3.87. The summed E-state index contributed by atoms with van der Waals surface area (Å²) in [5.41, 5.74) is 0.703. The van der Waals surface area contributed by atoms with E-state index in [9.17, 15) is 14.4 Å². The van der Waals surface area contributed by atoms with Crippen LogP contribution in [0.2, 0.25) is 0 Å². The molecule has 1 aromatic rings. The normalized spacial score (nSPS) is 17.4. The average Bonchev–Trinajstić information content (AvgIpc) is 2.65. The molecular formula is C16H17NO4S. The topological polar surface area (TPSA) is 74.7 Å². The first-order valence-electron chi connectivity index (χ1n) is 6.76. The second-order valence-corrected chi connectivity index (χ2v) is 7.25. The summed E-state index contributed by atoms with van der Waals surface area (Å²) in [6.45, 7) is 6.26. The molecule has 1 aromatic carbocycles. The van der Waals surface area contributed by atoms with Crippen molar-refractivity contribution >= 4 is 35.0 Å². The highest BCUT2D eigenvalue weighted by molar-refractivity contribution is 8.18. The minimum absolute atomic E-state index is 0.162. The van der Waals surface area contributed by atoms with Crippen LogP contribution in [0.4, 0.5) is 4.79 Å². The van der Waals surface area contributed by atoms with Crippen LogP contribution < -0.4 is 0 Å². The number of nitrogens with zero attached hydrogens (tertiary/aromatic N) is 1. The molecule has 1 aliphatic heterocycles. The van der Waals surface area contributed by atoms with Gasteiger partial charge >= 0.3 is 5.97 Å². The smallest absolute Gasteiger partial charge is 0.335 e. The van der Waals surface area contributed by atoms with Gasteiger partial charge in [-0.3, -0.25) is 14.5 Å². The Hall–Kier alpha value is -2.08. The van der Waals surface area contributed by atoms with Crippen LogP contribution in [0, 0.1) is 5.41 Å². The van der Waals surface area contributed by atoms with E-state index in [-0.39, 0.29) is 22.1 Å². The van der Waals surface area contributed by atoms with Gasteiger partial charge in [-0.1, -0.05) is 32.9 Å². The zero-order valence-corrected chi connectivity index (χ0v) is 13.4. The predicted octanol–water partition coefficient (Wildman–Crippen LogP) is 3.47. The Morgan fingerprint density at radius 2 is 1.82 bits per heavy atom. The summed E-state index contributed by atoms with van der Waals surface area (Å²) in [5.74, 6) is -1.30. The minimum atomic E-state index is -1.00. The first-order chi connectivity index (χ1) is 10.2. The van der Waals surface area contributed by atoms with Crippen molar-refractivity contribution in [1.29, 1.82) is 0 Å². The number of benzene rings is 1. The van der Waals surface area contributed by atoms with Gasteiger partial charge in [0, 0.05) is 6.54 Å². The maximum atomic E-state index is 12.3. The van der Waals surface area contributed by atoms with Crippen LogP contribution >= 0.6 is 11.8 Å². The Bertz CT molecular complexity index is 656. The Morgan fingerprint density at radius 1 is 1.23 bits per heavy atom. The second-order valence-electron chi connectivity index (χ2n) is 6.26. The molecule has 1 aliphatic rings. The molecule has 2 amide bonds. The van der Waals surface area contributed by atoms with E-state index < -0.39 is 5.97 Å². The first kappa shape index (κ1) is 16.3. The molecule has 116 valence electrons. The molecule has 0 aliphatic carbocycles. The predicted molar refractivity (Wildman–Crippen MR) is 85.5 cm³/mol. The number of thioether (sulfide) groups is 1. The lowest BCUT2D eigenvalue weighted by atomic mass is 9.96. The summed E-state index contributed by atoms with van der Waals surface area (Å²) in [5, 5.41) is 8.58. The number of hydrogen-bond acceptors (Lipinski definition) is 4. The van der Waals surface area contributed by atoms with Gasteiger partial charge in [0.1, 0.15) is 0 Å². The van der Waals surface area contributed by atoms with Crippen molar-refractivity contribution in [2.45, 2.75) is 20.8 Å². The van der Waals surface area contributed by atoms with Gasteiger partial charge in [-0.2, -0.15) is 0 Å². The molecule has 0 radical (unpaired) electrons.